The van der Waals surface area contributed by atoms with Crippen LogP contribution in [0.2, 0.25) is 0 Å². The molecule has 0 spiro atoms. The van der Waals surface area contributed by atoms with Gasteiger partial charge >= 0.3 is 0 Å². The largest absolute Gasteiger partial charge is 0.397 e. The third-order valence-electron chi connectivity index (χ3n) is 3.15. The van der Waals surface area contributed by atoms with Gasteiger partial charge in [-0.05, 0) is 29.5 Å². The standard InChI is InChI=1S/C15H12N2S2/c1-2-10-14(17)13(8-16)19-15(10)12-7-9-5-3-4-6-11(9)18-12/h3-7H,2,17H2,1H3. The zero-order chi connectivity index (χ0) is 13.4. The summed E-state index contributed by atoms with van der Waals surface area (Å²) in [5, 5.41) is 10.4. The van der Waals surface area contributed by atoms with E-state index in [1.165, 1.54) is 26.3 Å². The van der Waals surface area contributed by atoms with Crippen LogP contribution in [0.1, 0.15) is 17.4 Å². The van der Waals surface area contributed by atoms with Crippen molar-refractivity contribution in [2.24, 2.45) is 0 Å². The minimum absolute atomic E-state index is 0.629. The Kier molecular flexibility index (Phi) is 3.02. The van der Waals surface area contributed by atoms with Crippen LogP contribution in [0.5, 0.6) is 0 Å². The van der Waals surface area contributed by atoms with Crippen LogP contribution in [-0.4, -0.2) is 0 Å². The van der Waals surface area contributed by atoms with Crippen LogP contribution in [0.3, 0.4) is 0 Å². The van der Waals surface area contributed by atoms with Crippen LogP contribution in [0.25, 0.3) is 19.8 Å². The Morgan fingerprint density at radius 2 is 2.05 bits per heavy atom. The van der Waals surface area contributed by atoms with Crippen molar-refractivity contribution in [3.05, 3.63) is 40.8 Å². The van der Waals surface area contributed by atoms with E-state index in [1.807, 2.05) is 12.1 Å². The summed E-state index contributed by atoms with van der Waals surface area (Å²) in [7, 11) is 0. The highest BCUT2D eigenvalue weighted by molar-refractivity contribution is 7.26. The molecule has 0 amide bonds. The normalized spacial score (nSPS) is 10.7. The number of nitriles is 1. The van der Waals surface area contributed by atoms with Crippen LogP contribution in [0.4, 0.5) is 5.69 Å². The summed E-state index contributed by atoms with van der Waals surface area (Å²) >= 11 is 3.26. The number of benzene rings is 1. The fourth-order valence-electron chi connectivity index (χ4n) is 2.20. The van der Waals surface area contributed by atoms with E-state index in [0.29, 0.717) is 10.6 Å². The highest BCUT2D eigenvalue weighted by atomic mass is 32.1. The van der Waals surface area contributed by atoms with Gasteiger partial charge in [-0.1, -0.05) is 25.1 Å². The Balaban J connectivity index is 2.24. The SMILES string of the molecule is CCc1c(-c2cc3ccccc3s2)sc(C#N)c1N. The minimum Gasteiger partial charge on any atom is -0.397 e. The Hall–Kier alpha value is -1.83. The van der Waals surface area contributed by atoms with Crippen LogP contribution in [0.15, 0.2) is 30.3 Å². The molecule has 0 fully saturated rings. The lowest BCUT2D eigenvalue weighted by molar-refractivity contribution is 1.16. The maximum atomic E-state index is 9.12. The third-order valence-corrected chi connectivity index (χ3v) is 5.60. The van der Waals surface area contributed by atoms with E-state index >= 15 is 0 Å². The molecule has 0 aliphatic heterocycles. The maximum Gasteiger partial charge on any atom is 0.128 e. The molecular formula is C15H12N2S2. The molecule has 0 radical (unpaired) electrons. The second-order valence-corrected chi connectivity index (χ2v) is 6.37. The molecule has 0 saturated heterocycles. The van der Waals surface area contributed by atoms with Gasteiger partial charge in [0.05, 0.1) is 10.6 Å². The fraction of sp³-hybridized carbons (Fsp3) is 0.133. The first kappa shape index (κ1) is 12.2. The molecular weight excluding hydrogens is 272 g/mol. The first-order chi connectivity index (χ1) is 9.24. The van der Waals surface area contributed by atoms with Gasteiger partial charge < -0.3 is 5.73 Å². The van der Waals surface area contributed by atoms with Gasteiger partial charge in [-0.15, -0.1) is 22.7 Å². The lowest BCUT2D eigenvalue weighted by atomic mass is 10.1. The van der Waals surface area contributed by atoms with Crippen molar-refractivity contribution in [2.75, 3.05) is 5.73 Å². The first-order valence-corrected chi connectivity index (χ1v) is 7.68. The van der Waals surface area contributed by atoms with Gasteiger partial charge in [0.1, 0.15) is 10.9 Å². The molecule has 0 aliphatic rings. The molecule has 2 aromatic heterocycles. The topological polar surface area (TPSA) is 49.8 Å². The van der Waals surface area contributed by atoms with E-state index in [4.69, 9.17) is 11.0 Å². The van der Waals surface area contributed by atoms with Crippen molar-refractivity contribution in [3.63, 3.8) is 0 Å². The van der Waals surface area contributed by atoms with E-state index in [-0.39, 0.29) is 0 Å². The minimum atomic E-state index is 0.629. The summed E-state index contributed by atoms with van der Waals surface area (Å²) in [6.45, 7) is 2.08. The zero-order valence-electron chi connectivity index (χ0n) is 10.4. The van der Waals surface area contributed by atoms with Gasteiger partial charge in [0.2, 0.25) is 0 Å². The molecule has 3 aromatic rings. The van der Waals surface area contributed by atoms with Crippen molar-refractivity contribution in [3.8, 4) is 15.8 Å². The molecule has 0 atom stereocenters. The predicted octanol–water partition coefficient (Wildman–Crippen LogP) is 4.65. The first-order valence-electron chi connectivity index (χ1n) is 6.04. The Morgan fingerprint density at radius 1 is 1.26 bits per heavy atom. The smallest absolute Gasteiger partial charge is 0.128 e. The molecule has 4 heteroatoms. The summed E-state index contributed by atoms with van der Waals surface area (Å²) in [5.74, 6) is 0. The van der Waals surface area contributed by atoms with Crippen molar-refractivity contribution < 1.29 is 0 Å². The number of thiophene rings is 2. The molecule has 2 nitrogen and oxygen atoms in total. The zero-order valence-corrected chi connectivity index (χ0v) is 12.1. The molecule has 2 N–H and O–H groups in total. The number of nitrogen functional groups attached to an aromatic ring is 1. The average molecular weight is 284 g/mol. The van der Waals surface area contributed by atoms with Gasteiger partial charge in [-0.25, -0.2) is 0 Å². The van der Waals surface area contributed by atoms with Crippen molar-refractivity contribution in [2.45, 2.75) is 13.3 Å². The number of anilines is 1. The number of fused-ring (bicyclic) bond motifs is 1. The number of rotatable bonds is 2. The number of nitrogens with two attached hydrogens (primary N) is 1. The highest BCUT2D eigenvalue weighted by Crippen LogP contribution is 2.43. The van der Waals surface area contributed by atoms with Gasteiger partial charge in [0.15, 0.2) is 0 Å². The van der Waals surface area contributed by atoms with Crippen molar-refractivity contribution in [1.29, 1.82) is 5.26 Å². The van der Waals surface area contributed by atoms with E-state index in [9.17, 15) is 0 Å². The molecule has 0 unspecified atom stereocenters. The molecule has 0 saturated carbocycles. The number of hydrogen-bond donors (Lipinski definition) is 1. The van der Waals surface area contributed by atoms with E-state index in [2.05, 4.69) is 31.2 Å². The van der Waals surface area contributed by atoms with E-state index in [1.54, 1.807) is 11.3 Å². The van der Waals surface area contributed by atoms with Gasteiger partial charge in [0.25, 0.3) is 0 Å². The highest BCUT2D eigenvalue weighted by Gasteiger charge is 2.17. The van der Waals surface area contributed by atoms with Crippen molar-refractivity contribution >= 4 is 38.4 Å². The second kappa shape index (κ2) is 4.69. The lowest BCUT2D eigenvalue weighted by Crippen LogP contribution is -1.90. The summed E-state index contributed by atoms with van der Waals surface area (Å²) in [4.78, 5) is 2.98. The lowest BCUT2D eigenvalue weighted by Gasteiger charge is -1.98. The van der Waals surface area contributed by atoms with Gasteiger partial charge in [0, 0.05) is 9.58 Å². The van der Waals surface area contributed by atoms with Crippen molar-refractivity contribution in [1.82, 2.24) is 0 Å². The monoisotopic (exact) mass is 284 g/mol. The van der Waals surface area contributed by atoms with Crippen LogP contribution < -0.4 is 5.73 Å². The van der Waals surface area contributed by atoms with Crippen LogP contribution in [0, 0.1) is 11.3 Å². The molecule has 94 valence electrons. The molecule has 0 bridgehead atoms. The molecule has 3 rings (SSSR count). The Bertz CT molecular complexity index is 757. The predicted molar refractivity (Wildman–Crippen MR) is 83.6 cm³/mol. The molecule has 2 heterocycles. The van der Waals surface area contributed by atoms with Gasteiger partial charge in [-0.3, -0.25) is 0 Å². The van der Waals surface area contributed by atoms with Gasteiger partial charge in [-0.2, -0.15) is 5.26 Å². The summed E-state index contributed by atoms with van der Waals surface area (Å²) < 4.78 is 1.27. The second-order valence-electron chi connectivity index (χ2n) is 4.27. The third kappa shape index (κ3) is 1.92. The van der Waals surface area contributed by atoms with Crippen LogP contribution >= 0.6 is 22.7 Å². The van der Waals surface area contributed by atoms with E-state index < -0.39 is 0 Å². The fourth-order valence-corrected chi connectivity index (χ4v) is 4.50. The Morgan fingerprint density at radius 3 is 2.74 bits per heavy atom. The summed E-state index contributed by atoms with van der Waals surface area (Å²) in [6.07, 6.45) is 0.855. The Labute approximate surface area is 119 Å². The molecule has 0 aliphatic carbocycles. The summed E-state index contributed by atoms with van der Waals surface area (Å²) in [6, 6.07) is 12.7. The van der Waals surface area contributed by atoms with Crippen LogP contribution in [-0.2, 0) is 6.42 Å². The number of hydrogen-bond acceptors (Lipinski definition) is 4. The molecule has 1 aromatic carbocycles. The summed E-state index contributed by atoms with van der Waals surface area (Å²) in [5.41, 5.74) is 7.81. The maximum absolute atomic E-state index is 9.12. The molecule has 19 heavy (non-hydrogen) atoms. The quantitative estimate of drug-likeness (QED) is 0.745. The average Bonchev–Trinajstić information content (AvgIpc) is 2.98. The van der Waals surface area contributed by atoms with E-state index in [0.717, 1.165) is 16.9 Å². The number of nitrogens with zero attached hydrogens (tertiary/aromatic N) is 1.